The monoisotopic (exact) mass is 260 g/mol. The van der Waals surface area contributed by atoms with Gasteiger partial charge in [-0.2, -0.15) is 5.26 Å². The number of nitrogens with zero attached hydrogens (tertiary/aromatic N) is 3. The highest BCUT2D eigenvalue weighted by Crippen LogP contribution is 2.17. The standard InChI is InChI=1S/C14H20N4O/c1-11-7-12(9-15)8-14(17-11)18(5-6-19)10-13-3-2-4-16-13/h7-8,13,16,19H,2-6,10H2,1H3. The van der Waals surface area contributed by atoms with Crippen molar-refractivity contribution < 1.29 is 5.11 Å². The first-order valence-corrected chi connectivity index (χ1v) is 6.71. The first-order valence-electron chi connectivity index (χ1n) is 6.71. The molecule has 1 aliphatic rings. The second kappa shape index (κ2) is 6.50. The van der Waals surface area contributed by atoms with Gasteiger partial charge in [0.15, 0.2) is 0 Å². The minimum atomic E-state index is 0.0875. The van der Waals surface area contributed by atoms with Gasteiger partial charge >= 0.3 is 0 Å². The van der Waals surface area contributed by atoms with E-state index in [1.54, 1.807) is 12.1 Å². The molecule has 1 aromatic heterocycles. The van der Waals surface area contributed by atoms with Crippen molar-refractivity contribution in [1.82, 2.24) is 10.3 Å². The molecule has 0 aromatic carbocycles. The number of aliphatic hydroxyl groups is 1. The van der Waals surface area contributed by atoms with Gasteiger partial charge in [-0.25, -0.2) is 4.98 Å². The third-order valence-electron chi connectivity index (χ3n) is 3.37. The van der Waals surface area contributed by atoms with E-state index in [4.69, 9.17) is 5.26 Å². The highest BCUT2D eigenvalue weighted by atomic mass is 16.3. The molecule has 2 N–H and O–H groups in total. The van der Waals surface area contributed by atoms with Gasteiger partial charge in [0, 0.05) is 24.8 Å². The fourth-order valence-corrected chi connectivity index (χ4v) is 2.48. The highest BCUT2D eigenvalue weighted by Gasteiger charge is 2.19. The van der Waals surface area contributed by atoms with E-state index in [0.29, 0.717) is 18.2 Å². The van der Waals surface area contributed by atoms with E-state index in [1.165, 1.54) is 6.42 Å². The molecule has 1 atom stereocenters. The molecule has 5 nitrogen and oxygen atoms in total. The van der Waals surface area contributed by atoms with Crippen molar-refractivity contribution in [3.8, 4) is 6.07 Å². The fourth-order valence-electron chi connectivity index (χ4n) is 2.48. The number of rotatable bonds is 5. The van der Waals surface area contributed by atoms with Crippen LogP contribution < -0.4 is 10.2 Å². The van der Waals surface area contributed by atoms with Gasteiger partial charge < -0.3 is 15.3 Å². The first kappa shape index (κ1) is 13.8. The van der Waals surface area contributed by atoms with Crippen LogP contribution in [0.25, 0.3) is 0 Å². The molecule has 0 saturated carbocycles. The summed E-state index contributed by atoms with van der Waals surface area (Å²) in [7, 11) is 0. The lowest BCUT2D eigenvalue weighted by atomic mass is 10.2. The van der Waals surface area contributed by atoms with Crippen LogP contribution in [0, 0.1) is 18.3 Å². The van der Waals surface area contributed by atoms with Crippen molar-refractivity contribution in [1.29, 1.82) is 5.26 Å². The Kier molecular flexibility index (Phi) is 4.72. The Labute approximate surface area is 113 Å². The number of anilines is 1. The summed E-state index contributed by atoms with van der Waals surface area (Å²) >= 11 is 0. The van der Waals surface area contributed by atoms with Gasteiger partial charge in [0.1, 0.15) is 5.82 Å². The topological polar surface area (TPSA) is 72.2 Å². The average molecular weight is 260 g/mol. The maximum atomic E-state index is 9.21. The van der Waals surface area contributed by atoms with Crippen molar-refractivity contribution in [2.24, 2.45) is 0 Å². The van der Waals surface area contributed by atoms with Gasteiger partial charge in [-0.3, -0.25) is 0 Å². The second-order valence-corrected chi connectivity index (χ2v) is 4.93. The quantitative estimate of drug-likeness (QED) is 0.820. The summed E-state index contributed by atoms with van der Waals surface area (Å²) < 4.78 is 0. The van der Waals surface area contributed by atoms with Crippen LogP contribution in [0.5, 0.6) is 0 Å². The predicted molar refractivity (Wildman–Crippen MR) is 74.0 cm³/mol. The van der Waals surface area contributed by atoms with Crippen molar-refractivity contribution in [2.75, 3.05) is 31.1 Å². The number of aliphatic hydroxyl groups excluding tert-OH is 1. The third-order valence-corrected chi connectivity index (χ3v) is 3.37. The van der Waals surface area contributed by atoms with Crippen LogP contribution in [0.1, 0.15) is 24.1 Å². The van der Waals surface area contributed by atoms with E-state index in [9.17, 15) is 5.11 Å². The van der Waals surface area contributed by atoms with E-state index in [1.807, 2.05) is 6.92 Å². The summed E-state index contributed by atoms with van der Waals surface area (Å²) in [5.74, 6) is 0.777. The molecule has 0 radical (unpaired) electrons. The molecule has 2 heterocycles. The Balaban J connectivity index is 2.17. The van der Waals surface area contributed by atoms with Crippen LogP contribution in [0.15, 0.2) is 12.1 Å². The van der Waals surface area contributed by atoms with Gasteiger partial charge in [-0.05, 0) is 38.4 Å². The summed E-state index contributed by atoms with van der Waals surface area (Å²) in [5, 5.41) is 21.7. The molecule has 19 heavy (non-hydrogen) atoms. The number of nitrogens with one attached hydrogen (secondary N) is 1. The Hall–Kier alpha value is -1.64. The number of pyridine rings is 1. The molecule has 0 bridgehead atoms. The first-order chi connectivity index (χ1) is 9.22. The molecule has 0 aliphatic carbocycles. The van der Waals surface area contributed by atoms with Crippen molar-refractivity contribution in [3.05, 3.63) is 23.4 Å². The largest absolute Gasteiger partial charge is 0.395 e. The lowest BCUT2D eigenvalue weighted by Gasteiger charge is -2.26. The van der Waals surface area contributed by atoms with Crippen molar-refractivity contribution in [2.45, 2.75) is 25.8 Å². The molecule has 1 aromatic rings. The van der Waals surface area contributed by atoms with E-state index in [0.717, 1.165) is 31.0 Å². The molecular weight excluding hydrogens is 240 g/mol. The third kappa shape index (κ3) is 3.66. The molecule has 1 saturated heterocycles. The van der Waals surface area contributed by atoms with Crippen LogP contribution in [0.4, 0.5) is 5.82 Å². The summed E-state index contributed by atoms with van der Waals surface area (Å²) in [4.78, 5) is 6.53. The molecule has 102 valence electrons. The zero-order valence-electron chi connectivity index (χ0n) is 11.3. The smallest absolute Gasteiger partial charge is 0.130 e. The van der Waals surface area contributed by atoms with E-state index < -0.39 is 0 Å². The zero-order chi connectivity index (χ0) is 13.7. The fraction of sp³-hybridized carbons (Fsp3) is 0.571. The maximum absolute atomic E-state index is 9.21. The normalized spacial score (nSPS) is 18.3. The summed E-state index contributed by atoms with van der Waals surface area (Å²) in [6.45, 7) is 4.39. The molecule has 1 unspecified atom stereocenters. The second-order valence-electron chi connectivity index (χ2n) is 4.93. The van der Waals surface area contributed by atoms with Crippen LogP contribution in [0.3, 0.4) is 0 Å². The number of hydrogen-bond acceptors (Lipinski definition) is 5. The Morgan fingerprint density at radius 1 is 1.58 bits per heavy atom. The van der Waals surface area contributed by atoms with Gasteiger partial charge in [-0.15, -0.1) is 0 Å². The Morgan fingerprint density at radius 3 is 3.05 bits per heavy atom. The number of hydrogen-bond donors (Lipinski definition) is 2. The van der Waals surface area contributed by atoms with Gasteiger partial charge in [0.2, 0.25) is 0 Å². The Bertz CT molecular complexity index is 463. The van der Waals surface area contributed by atoms with Crippen LogP contribution in [-0.4, -0.2) is 42.4 Å². The molecule has 2 rings (SSSR count). The molecule has 0 amide bonds. The summed E-state index contributed by atoms with van der Waals surface area (Å²) in [6, 6.07) is 6.16. The summed E-state index contributed by atoms with van der Waals surface area (Å²) in [5.41, 5.74) is 1.45. The summed E-state index contributed by atoms with van der Waals surface area (Å²) in [6.07, 6.45) is 2.35. The van der Waals surface area contributed by atoms with Crippen molar-refractivity contribution in [3.63, 3.8) is 0 Å². The highest BCUT2D eigenvalue weighted by molar-refractivity contribution is 5.46. The van der Waals surface area contributed by atoms with Crippen LogP contribution in [0.2, 0.25) is 0 Å². The molecular formula is C14H20N4O. The van der Waals surface area contributed by atoms with Crippen LogP contribution >= 0.6 is 0 Å². The molecule has 5 heteroatoms. The molecule has 1 fully saturated rings. The minimum Gasteiger partial charge on any atom is -0.395 e. The molecule has 0 spiro atoms. The number of nitriles is 1. The van der Waals surface area contributed by atoms with E-state index in [2.05, 4.69) is 21.3 Å². The predicted octanol–water partition coefficient (Wildman–Crippen LogP) is 0.812. The molecule has 1 aliphatic heterocycles. The minimum absolute atomic E-state index is 0.0875. The maximum Gasteiger partial charge on any atom is 0.130 e. The van der Waals surface area contributed by atoms with E-state index >= 15 is 0 Å². The van der Waals surface area contributed by atoms with Crippen molar-refractivity contribution >= 4 is 5.82 Å². The lowest BCUT2D eigenvalue weighted by molar-refractivity contribution is 0.300. The van der Waals surface area contributed by atoms with Gasteiger partial charge in [0.05, 0.1) is 18.2 Å². The number of aromatic nitrogens is 1. The SMILES string of the molecule is Cc1cc(C#N)cc(N(CCO)CC2CCCN2)n1. The van der Waals surface area contributed by atoms with Crippen LogP contribution in [-0.2, 0) is 0 Å². The average Bonchev–Trinajstić information content (AvgIpc) is 2.90. The zero-order valence-corrected chi connectivity index (χ0v) is 11.3. The van der Waals surface area contributed by atoms with E-state index in [-0.39, 0.29) is 6.61 Å². The lowest BCUT2D eigenvalue weighted by Crippen LogP contribution is -2.39. The Morgan fingerprint density at radius 2 is 2.42 bits per heavy atom. The van der Waals surface area contributed by atoms with Gasteiger partial charge in [0.25, 0.3) is 0 Å². The van der Waals surface area contributed by atoms with Gasteiger partial charge in [-0.1, -0.05) is 0 Å². The number of aryl methyl sites for hydroxylation is 1.